The third kappa shape index (κ3) is 4.00. The molecule has 1 fully saturated rings. The first-order valence-electron chi connectivity index (χ1n) is 6.80. The highest BCUT2D eigenvalue weighted by Crippen LogP contribution is 2.36. The number of hydrogen-bond acceptors (Lipinski definition) is 1. The second-order valence-corrected chi connectivity index (χ2v) is 6.90. The molecule has 0 saturated heterocycles. The topological polar surface area (TPSA) is 29.1 Å². The Morgan fingerprint density at radius 2 is 2.00 bits per heavy atom. The zero-order chi connectivity index (χ0) is 14.8. The van der Waals surface area contributed by atoms with Crippen LogP contribution >= 0.6 is 23.2 Å². The Balaban J connectivity index is 1.97. The van der Waals surface area contributed by atoms with Crippen LogP contribution in [0.15, 0.2) is 24.3 Å². The van der Waals surface area contributed by atoms with Gasteiger partial charge in [0.1, 0.15) is 0 Å². The van der Waals surface area contributed by atoms with E-state index in [2.05, 4.69) is 19.2 Å². The molecule has 4 heteroatoms. The lowest BCUT2D eigenvalue weighted by Crippen LogP contribution is -2.32. The normalized spacial score (nSPS) is 21.3. The summed E-state index contributed by atoms with van der Waals surface area (Å²) in [7, 11) is 0. The fraction of sp³-hybridized carbons (Fsp3) is 0.438. The van der Waals surface area contributed by atoms with Gasteiger partial charge in [0.25, 0.3) is 0 Å². The molecule has 1 saturated carbocycles. The van der Waals surface area contributed by atoms with Gasteiger partial charge >= 0.3 is 0 Å². The number of carbonyl (C=O) groups is 1. The summed E-state index contributed by atoms with van der Waals surface area (Å²) < 4.78 is 0. The minimum atomic E-state index is -0.0938. The van der Waals surface area contributed by atoms with Gasteiger partial charge in [-0.15, -0.1) is 0 Å². The summed E-state index contributed by atoms with van der Waals surface area (Å²) in [5, 5.41) is 4.12. The van der Waals surface area contributed by atoms with Gasteiger partial charge in [-0.25, -0.2) is 0 Å². The minimum Gasteiger partial charge on any atom is -0.350 e. The number of halogens is 2. The van der Waals surface area contributed by atoms with E-state index in [-0.39, 0.29) is 11.9 Å². The van der Waals surface area contributed by atoms with Crippen molar-refractivity contribution in [2.75, 3.05) is 0 Å². The fourth-order valence-electron chi connectivity index (χ4n) is 2.64. The van der Waals surface area contributed by atoms with Gasteiger partial charge in [-0.3, -0.25) is 4.79 Å². The highest BCUT2D eigenvalue weighted by atomic mass is 35.5. The molecule has 0 aliphatic heterocycles. The van der Waals surface area contributed by atoms with Gasteiger partial charge in [0, 0.05) is 27.7 Å². The molecule has 1 aliphatic rings. The summed E-state index contributed by atoms with van der Waals surface area (Å²) in [5.41, 5.74) is 1.01. The van der Waals surface area contributed by atoms with Crippen LogP contribution in [0.1, 0.15) is 38.7 Å². The van der Waals surface area contributed by atoms with Gasteiger partial charge in [0.15, 0.2) is 0 Å². The molecule has 20 heavy (non-hydrogen) atoms. The summed E-state index contributed by atoms with van der Waals surface area (Å²) in [6.07, 6.45) is 6.38. The molecule has 1 N–H and O–H groups in total. The van der Waals surface area contributed by atoms with Crippen LogP contribution in [-0.2, 0) is 4.79 Å². The van der Waals surface area contributed by atoms with Crippen LogP contribution in [0.25, 0.3) is 6.08 Å². The van der Waals surface area contributed by atoms with Crippen molar-refractivity contribution in [2.45, 2.75) is 39.2 Å². The zero-order valence-electron chi connectivity index (χ0n) is 11.7. The molecule has 0 aromatic heterocycles. The van der Waals surface area contributed by atoms with Gasteiger partial charge < -0.3 is 5.32 Å². The Morgan fingerprint density at radius 3 is 2.55 bits per heavy atom. The maximum Gasteiger partial charge on any atom is 0.244 e. The maximum absolute atomic E-state index is 11.9. The zero-order valence-corrected chi connectivity index (χ0v) is 13.3. The molecular weight excluding hydrogens is 293 g/mol. The van der Waals surface area contributed by atoms with Gasteiger partial charge in [-0.2, -0.15) is 0 Å². The predicted molar refractivity (Wildman–Crippen MR) is 85.1 cm³/mol. The van der Waals surface area contributed by atoms with E-state index in [1.165, 1.54) is 6.08 Å². The van der Waals surface area contributed by atoms with Gasteiger partial charge in [-0.1, -0.05) is 43.1 Å². The molecule has 1 amide bonds. The van der Waals surface area contributed by atoms with Crippen molar-refractivity contribution < 1.29 is 4.79 Å². The molecule has 2 rings (SSSR count). The first-order valence-corrected chi connectivity index (χ1v) is 7.55. The molecule has 0 bridgehead atoms. The first kappa shape index (κ1) is 15.4. The van der Waals surface area contributed by atoms with Gasteiger partial charge in [0.05, 0.1) is 0 Å². The number of carbonyl (C=O) groups excluding carboxylic acids is 1. The lowest BCUT2D eigenvalue weighted by molar-refractivity contribution is -0.117. The van der Waals surface area contributed by atoms with Crippen molar-refractivity contribution in [3.8, 4) is 0 Å². The highest BCUT2D eigenvalue weighted by molar-refractivity contribution is 6.37. The van der Waals surface area contributed by atoms with Crippen molar-refractivity contribution in [1.82, 2.24) is 5.32 Å². The molecule has 1 aliphatic carbocycles. The molecule has 1 aromatic carbocycles. The van der Waals surface area contributed by atoms with E-state index in [0.717, 1.165) is 19.3 Å². The van der Waals surface area contributed by atoms with E-state index in [9.17, 15) is 4.79 Å². The van der Waals surface area contributed by atoms with Crippen molar-refractivity contribution in [1.29, 1.82) is 0 Å². The lowest BCUT2D eigenvalue weighted by Gasteiger charge is -2.17. The number of benzene rings is 1. The quantitative estimate of drug-likeness (QED) is 0.805. The van der Waals surface area contributed by atoms with Gasteiger partial charge in [-0.05, 0) is 42.9 Å². The monoisotopic (exact) mass is 311 g/mol. The van der Waals surface area contributed by atoms with Crippen molar-refractivity contribution in [2.24, 2.45) is 5.41 Å². The van der Waals surface area contributed by atoms with Gasteiger partial charge in [0.2, 0.25) is 5.91 Å². The van der Waals surface area contributed by atoms with Crippen LogP contribution in [0.3, 0.4) is 0 Å². The molecule has 1 aromatic rings. The Labute approximate surface area is 130 Å². The highest BCUT2D eigenvalue weighted by Gasteiger charge is 2.31. The van der Waals surface area contributed by atoms with Crippen LogP contribution in [0.2, 0.25) is 10.0 Å². The predicted octanol–water partition coefficient (Wildman–Crippen LogP) is 4.70. The van der Waals surface area contributed by atoms with Crippen molar-refractivity contribution in [3.05, 3.63) is 39.9 Å². The van der Waals surface area contributed by atoms with Crippen LogP contribution in [-0.4, -0.2) is 11.9 Å². The summed E-state index contributed by atoms with van der Waals surface area (Å²) in [6, 6.07) is 5.56. The molecule has 1 atom stereocenters. The maximum atomic E-state index is 11.9. The molecule has 0 radical (unpaired) electrons. The largest absolute Gasteiger partial charge is 0.350 e. The number of rotatable bonds is 3. The molecule has 2 nitrogen and oxygen atoms in total. The van der Waals surface area contributed by atoms with E-state index >= 15 is 0 Å². The number of nitrogens with one attached hydrogen (secondary N) is 1. The Hall–Kier alpha value is -0.990. The van der Waals surface area contributed by atoms with Crippen LogP contribution < -0.4 is 5.32 Å². The molecule has 1 unspecified atom stereocenters. The second kappa shape index (κ2) is 6.19. The summed E-state index contributed by atoms with van der Waals surface area (Å²) >= 11 is 12.1. The lowest BCUT2D eigenvalue weighted by atomic mass is 9.92. The van der Waals surface area contributed by atoms with Crippen molar-refractivity contribution in [3.63, 3.8) is 0 Å². The molecule has 108 valence electrons. The Bertz CT molecular complexity index is 517. The average molecular weight is 312 g/mol. The SMILES string of the molecule is CC1(C)CCC(NC(=O)/C=C/c2c(Cl)cccc2Cl)C1. The standard InChI is InChI=1S/C16H19Cl2NO/c1-16(2)9-8-11(10-16)19-15(20)7-6-12-13(17)4-3-5-14(12)18/h3-7,11H,8-10H2,1-2H3,(H,19,20)/b7-6+. The second-order valence-electron chi connectivity index (χ2n) is 6.08. The summed E-state index contributed by atoms with van der Waals surface area (Å²) in [6.45, 7) is 4.47. The smallest absolute Gasteiger partial charge is 0.244 e. The number of amides is 1. The van der Waals surface area contributed by atoms with E-state index < -0.39 is 0 Å². The Morgan fingerprint density at radius 1 is 1.35 bits per heavy atom. The molecular formula is C16H19Cl2NO. The van der Waals surface area contributed by atoms with Crippen LogP contribution in [0.5, 0.6) is 0 Å². The fourth-order valence-corrected chi connectivity index (χ4v) is 3.16. The summed E-state index contributed by atoms with van der Waals surface area (Å²) in [4.78, 5) is 11.9. The summed E-state index contributed by atoms with van der Waals surface area (Å²) in [5.74, 6) is -0.0938. The Kier molecular flexibility index (Phi) is 4.77. The molecule has 0 heterocycles. The van der Waals surface area contributed by atoms with Crippen molar-refractivity contribution >= 4 is 35.2 Å². The van der Waals surface area contributed by atoms with E-state index in [4.69, 9.17) is 23.2 Å². The third-order valence-electron chi connectivity index (χ3n) is 3.72. The van der Waals surface area contributed by atoms with E-state index in [1.807, 2.05) is 0 Å². The van der Waals surface area contributed by atoms with E-state index in [1.54, 1.807) is 24.3 Å². The molecule has 0 spiro atoms. The number of hydrogen-bond donors (Lipinski definition) is 1. The van der Waals surface area contributed by atoms with E-state index in [0.29, 0.717) is 21.0 Å². The van der Waals surface area contributed by atoms with Crippen LogP contribution in [0, 0.1) is 5.41 Å². The third-order valence-corrected chi connectivity index (χ3v) is 4.38. The van der Waals surface area contributed by atoms with Crippen LogP contribution in [0.4, 0.5) is 0 Å². The minimum absolute atomic E-state index is 0.0938. The first-order chi connectivity index (χ1) is 9.37. The average Bonchev–Trinajstić information content (AvgIpc) is 2.68.